The van der Waals surface area contributed by atoms with E-state index in [4.69, 9.17) is 0 Å². The van der Waals surface area contributed by atoms with Gasteiger partial charge in [0.05, 0.1) is 4.47 Å². The zero-order chi connectivity index (χ0) is 11.4. The van der Waals surface area contributed by atoms with Crippen LogP contribution in [0.15, 0.2) is 22.7 Å². The Morgan fingerprint density at radius 1 is 1.60 bits per heavy atom. The normalized spacial score (nSPS) is 12.2. The highest BCUT2D eigenvalue weighted by molar-refractivity contribution is 9.10. The minimum absolute atomic E-state index is 0.0757. The second-order valence-corrected chi connectivity index (χ2v) is 4.30. The molecule has 82 valence electrons. The molecule has 0 aromatic heterocycles. The van der Waals surface area contributed by atoms with E-state index in [0.29, 0.717) is 10.0 Å². The maximum absolute atomic E-state index is 11.6. The first-order chi connectivity index (χ1) is 7.04. The molecule has 0 radical (unpaired) electrons. The Morgan fingerprint density at radius 3 is 2.80 bits per heavy atom. The maximum atomic E-state index is 11.6. The number of hydrogen-bond donors (Lipinski definition) is 2. The van der Waals surface area contributed by atoms with Gasteiger partial charge in [-0.3, -0.25) is 4.79 Å². The molecule has 0 bridgehead atoms. The summed E-state index contributed by atoms with van der Waals surface area (Å²) in [5, 5.41) is 12.2. The zero-order valence-electron chi connectivity index (χ0n) is 8.75. The fraction of sp³-hybridized carbons (Fsp3) is 0.364. The molecule has 0 spiro atoms. The molecule has 0 heterocycles. The molecular weight excluding hydrogens is 258 g/mol. The van der Waals surface area contributed by atoms with Crippen LogP contribution >= 0.6 is 15.9 Å². The van der Waals surface area contributed by atoms with Gasteiger partial charge in [-0.05, 0) is 47.5 Å². The van der Waals surface area contributed by atoms with E-state index in [-0.39, 0.29) is 17.7 Å². The van der Waals surface area contributed by atoms with Gasteiger partial charge in [0.2, 0.25) is 0 Å². The van der Waals surface area contributed by atoms with Gasteiger partial charge in [0, 0.05) is 11.6 Å². The number of phenols is 1. The summed E-state index contributed by atoms with van der Waals surface area (Å²) in [4.78, 5) is 11.6. The van der Waals surface area contributed by atoms with Crippen molar-refractivity contribution >= 4 is 21.8 Å². The van der Waals surface area contributed by atoms with Crippen molar-refractivity contribution in [3.8, 4) is 5.75 Å². The smallest absolute Gasteiger partial charge is 0.251 e. The number of hydrogen-bond acceptors (Lipinski definition) is 2. The van der Waals surface area contributed by atoms with Crippen molar-refractivity contribution in [2.75, 3.05) is 0 Å². The van der Waals surface area contributed by atoms with Crippen molar-refractivity contribution in [2.45, 2.75) is 26.3 Å². The third-order valence-electron chi connectivity index (χ3n) is 2.20. The Labute approximate surface area is 97.6 Å². The maximum Gasteiger partial charge on any atom is 0.251 e. The minimum Gasteiger partial charge on any atom is -0.507 e. The number of carbonyl (C=O) groups is 1. The Morgan fingerprint density at radius 2 is 2.27 bits per heavy atom. The van der Waals surface area contributed by atoms with Crippen molar-refractivity contribution in [3.63, 3.8) is 0 Å². The lowest BCUT2D eigenvalue weighted by Crippen LogP contribution is -2.31. The summed E-state index contributed by atoms with van der Waals surface area (Å²) < 4.78 is 0.586. The van der Waals surface area contributed by atoms with E-state index in [1.807, 2.05) is 13.8 Å². The molecule has 3 nitrogen and oxygen atoms in total. The third kappa shape index (κ3) is 3.23. The van der Waals surface area contributed by atoms with Crippen molar-refractivity contribution < 1.29 is 9.90 Å². The van der Waals surface area contributed by atoms with E-state index in [0.717, 1.165) is 6.42 Å². The standard InChI is InChI=1S/C11H14BrNO2/c1-3-7(2)13-11(15)8-4-5-9(12)10(14)6-8/h4-7,14H,3H2,1-2H3,(H,13,15). The Kier molecular flexibility index (Phi) is 4.15. The predicted molar refractivity (Wildman–Crippen MR) is 63.0 cm³/mol. The van der Waals surface area contributed by atoms with Gasteiger partial charge in [0.25, 0.3) is 5.91 Å². The van der Waals surface area contributed by atoms with Crippen LogP contribution in [0, 0.1) is 0 Å². The van der Waals surface area contributed by atoms with Crippen LogP contribution in [0.25, 0.3) is 0 Å². The summed E-state index contributed by atoms with van der Waals surface area (Å²) in [5.41, 5.74) is 0.469. The van der Waals surface area contributed by atoms with Crippen LogP contribution in [0.5, 0.6) is 5.75 Å². The van der Waals surface area contributed by atoms with Crippen LogP contribution in [0.2, 0.25) is 0 Å². The van der Waals surface area contributed by atoms with Gasteiger partial charge < -0.3 is 10.4 Å². The number of halogens is 1. The molecule has 0 saturated carbocycles. The van der Waals surface area contributed by atoms with Crippen LogP contribution in [0.1, 0.15) is 30.6 Å². The molecule has 1 atom stereocenters. The predicted octanol–water partition coefficient (Wildman–Crippen LogP) is 2.68. The van der Waals surface area contributed by atoms with Gasteiger partial charge in [-0.2, -0.15) is 0 Å². The van der Waals surface area contributed by atoms with Gasteiger partial charge in [-0.1, -0.05) is 6.92 Å². The number of carbonyl (C=O) groups excluding carboxylic acids is 1. The molecule has 4 heteroatoms. The van der Waals surface area contributed by atoms with Gasteiger partial charge >= 0.3 is 0 Å². The molecule has 0 fully saturated rings. The van der Waals surface area contributed by atoms with Crippen LogP contribution < -0.4 is 5.32 Å². The van der Waals surface area contributed by atoms with E-state index >= 15 is 0 Å². The number of phenolic OH excluding ortho intramolecular Hbond substituents is 1. The number of rotatable bonds is 3. The van der Waals surface area contributed by atoms with E-state index in [2.05, 4.69) is 21.2 Å². The molecule has 1 rings (SSSR count). The number of amides is 1. The molecule has 15 heavy (non-hydrogen) atoms. The average Bonchev–Trinajstić information content (AvgIpc) is 2.21. The Bertz CT molecular complexity index is 366. The van der Waals surface area contributed by atoms with Crippen LogP contribution in [0.4, 0.5) is 0 Å². The van der Waals surface area contributed by atoms with Crippen LogP contribution in [0.3, 0.4) is 0 Å². The highest BCUT2D eigenvalue weighted by atomic mass is 79.9. The van der Waals surface area contributed by atoms with Crippen molar-refractivity contribution in [1.82, 2.24) is 5.32 Å². The lowest BCUT2D eigenvalue weighted by atomic mass is 10.2. The molecule has 0 aliphatic heterocycles. The highest BCUT2D eigenvalue weighted by Gasteiger charge is 2.09. The van der Waals surface area contributed by atoms with E-state index < -0.39 is 0 Å². The van der Waals surface area contributed by atoms with Crippen molar-refractivity contribution in [2.24, 2.45) is 0 Å². The van der Waals surface area contributed by atoms with Gasteiger partial charge in [-0.25, -0.2) is 0 Å². The molecule has 1 amide bonds. The fourth-order valence-electron chi connectivity index (χ4n) is 1.06. The minimum atomic E-state index is -0.160. The lowest BCUT2D eigenvalue weighted by Gasteiger charge is -2.11. The monoisotopic (exact) mass is 271 g/mol. The van der Waals surface area contributed by atoms with Crippen molar-refractivity contribution in [1.29, 1.82) is 0 Å². The zero-order valence-corrected chi connectivity index (χ0v) is 10.3. The first-order valence-electron chi connectivity index (χ1n) is 4.84. The second kappa shape index (κ2) is 5.16. The summed E-state index contributed by atoms with van der Waals surface area (Å²) in [5.74, 6) is -0.0843. The summed E-state index contributed by atoms with van der Waals surface area (Å²) >= 11 is 3.16. The lowest BCUT2D eigenvalue weighted by molar-refractivity contribution is 0.0939. The summed E-state index contributed by atoms with van der Waals surface area (Å²) in [6.45, 7) is 3.95. The van der Waals surface area contributed by atoms with E-state index in [9.17, 15) is 9.90 Å². The molecule has 2 N–H and O–H groups in total. The first-order valence-corrected chi connectivity index (χ1v) is 5.63. The molecule has 0 aliphatic rings. The first kappa shape index (κ1) is 12.0. The van der Waals surface area contributed by atoms with Gasteiger partial charge in [0.1, 0.15) is 5.75 Å². The van der Waals surface area contributed by atoms with Crippen molar-refractivity contribution in [3.05, 3.63) is 28.2 Å². The molecule has 1 aromatic carbocycles. The SMILES string of the molecule is CCC(C)NC(=O)c1ccc(Br)c(O)c1. The largest absolute Gasteiger partial charge is 0.507 e. The molecule has 1 unspecified atom stereocenters. The summed E-state index contributed by atoms with van der Waals surface area (Å²) in [6, 6.07) is 4.91. The molecule has 0 saturated heterocycles. The summed E-state index contributed by atoms with van der Waals surface area (Å²) in [6.07, 6.45) is 0.883. The fourth-order valence-corrected chi connectivity index (χ4v) is 1.31. The second-order valence-electron chi connectivity index (χ2n) is 3.45. The number of nitrogens with one attached hydrogen (secondary N) is 1. The van der Waals surface area contributed by atoms with Gasteiger partial charge in [0.15, 0.2) is 0 Å². The molecular formula is C11H14BrNO2. The molecule has 1 aromatic rings. The Balaban J connectivity index is 2.78. The summed E-state index contributed by atoms with van der Waals surface area (Å²) in [7, 11) is 0. The van der Waals surface area contributed by atoms with Crippen LogP contribution in [-0.2, 0) is 0 Å². The molecule has 0 aliphatic carbocycles. The average molecular weight is 272 g/mol. The van der Waals surface area contributed by atoms with E-state index in [1.165, 1.54) is 6.07 Å². The number of benzene rings is 1. The third-order valence-corrected chi connectivity index (χ3v) is 2.87. The van der Waals surface area contributed by atoms with Gasteiger partial charge in [-0.15, -0.1) is 0 Å². The number of aromatic hydroxyl groups is 1. The quantitative estimate of drug-likeness (QED) is 0.888. The van der Waals surface area contributed by atoms with Crippen LogP contribution in [-0.4, -0.2) is 17.1 Å². The highest BCUT2D eigenvalue weighted by Crippen LogP contribution is 2.24. The van der Waals surface area contributed by atoms with E-state index in [1.54, 1.807) is 12.1 Å². The Hall–Kier alpha value is -1.03. The topological polar surface area (TPSA) is 49.3 Å².